The van der Waals surface area contributed by atoms with Crippen molar-refractivity contribution >= 4 is 42.6 Å². The van der Waals surface area contributed by atoms with Crippen LogP contribution in [0.2, 0.25) is 0 Å². The molecule has 0 saturated carbocycles. The second-order valence-electron chi connectivity index (χ2n) is 7.98. The lowest BCUT2D eigenvalue weighted by Crippen LogP contribution is -2.40. The molecule has 0 unspecified atom stereocenters. The van der Waals surface area contributed by atoms with E-state index in [4.69, 9.17) is 9.15 Å². The number of sulfonamides is 1. The molecule has 2 aromatic carbocycles. The van der Waals surface area contributed by atoms with Crippen LogP contribution >= 0.6 is 11.3 Å². The summed E-state index contributed by atoms with van der Waals surface area (Å²) in [6, 6.07) is 15.6. The first-order valence-corrected chi connectivity index (χ1v) is 13.1. The fraction of sp³-hybridized carbons (Fsp3) is 0.250. The van der Waals surface area contributed by atoms with Crippen molar-refractivity contribution in [3.8, 4) is 0 Å². The zero-order valence-electron chi connectivity index (χ0n) is 18.5. The predicted molar refractivity (Wildman–Crippen MR) is 130 cm³/mol. The first kappa shape index (κ1) is 22.7. The van der Waals surface area contributed by atoms with Gasteiger partial charge in [0.1, 0.15) is 5.76 Å². The molecule has 0 spiro atoms. The average Bonchev–Trinajstić information content (AvgIpc) is 3.52. The number of amides is 1. The van der Waals surface area contributed by atoms with Crippen molar-refractivity contribution in [3.63, 3.8) is 0 Å². The molecule has 0 aliphatic carbocycles. The number of thiazole rings is 1. The molecular formula is C24H23N3O5S2. The molecule has 0 bridgehead atoms. The standard InChI is InChI=1S/C24H23N3O5S2/c1-17-4-9-21-22(15-17)33-24(25-21)27(16-19-3-2-12-32-19)23(28)18-5-7-20(8-6-18)34(29,30)26-10-13-31-14-11-26/h2-9,12,15H,10-11,13-14,16H2,1H3. The second kappa shape index (κ2) is 9.30. The predicted octanol–water partition coefficient (Wildman–Crippen LogP) is 4.07. The van der Waals surface area contributed by atoms with Crippen molar-refractivity contribution in [1.29, 1.82) is 0 Å². The Hall–Kier alpha value is -3.05. The Labute approximate surface area is 201 Å². The van der Waals surface area contributed by atoms with Gasteiger partial charge < -0.3 is 9.15 Å². The van der Waals surface area contributed by atoms with Crippen molar-refractivity contribution in [1.82, 2.24) is 9.29 Å². The van der Waals surface area contributed by atoms with Crippen LogP contribution in [0.15, 0.2) is 70.2 Å². The number of hydrogen-bond donors (Lipinski definition) is 0. The number of benzene rings is 2. The van der Waals surface area contributed by atoms with E-state index in [2.05, 4.69) is 4.98 Å². The third-order valence-corrected chi connectivity index (χ3v) is 8.57. The van der Waals surface area contributed by atoms with Gasteiger partial charge in [0, 0.05) is 18.7 Å². The highest BCUT2D eigenvalue weighted by atomic mass is 32.2. The highest BCUT2D eigenvalue weighted by Crippen LogP contribution is 2.32. The molecule has 8 nitrogen and oxygen atoms in total. The summed E-state index contributed by atoms with van der Waals surface area (Å²) in [7, 11) is -3.64. The van der Waals surface area contributed by atoms with E-state index in [-0.39, 0.29) is 17.3 Å². The Bertz CT molecular complexity index is 1410. The van der Waals surface area contributed by atoms with Crippen LogP contribution < -0.4 is 4.90 Å². The number of anilines is 1. The number of ether oxygens (including phenoxy) is 1. The molecule has 1 fully saturated rings. The SMILES string of the molecule is Cc1ccc2nc(N(Cc3ccco3)C(=O)c3ccc(S(=O)(=O)N4CCOCC4)cc3)sc2c1. The van der Waals surface area contributed by atoms with Crippen molar-refractivity contribution in [3.05, 3.63) is 77.7 Å². The number of furan rings is 1. The van der Waals surface area contributed by atoms with Crippen molar-refractivity contribution in [2.45, 2.75) is 18.4 Å². The van der Waals surface area contributed by atoms with Gasteiger partial charge in [-0.25, -0.2) is 13.4 Å². The van der Waals surface area contributed by atoms with Gasteiger partial charge in [-0.2, -0.15) is 4.31 Å². The van der Waals surface area contributed by atoms with E-state index >= 15 is 0 Å². The van der Waals surface area contributed by atoms with Crippen LogP contribution in [-0.2, 0) is 21.3 Å². The van der Waals surface area contributed by atoms with E-state index in [1.54, 1.807) is 35.4 Å². The zero-order chi connectivity index (χ0) is 23.7. The maximum absolute atomic E-state index is 13.6. The molecule has 0 N–H and O–H groups in total. The van der Waals surface area contributed by atoms with Crippen molar-refractivity contribution in [2.24, 2.45) is 0 Å². The summed E-state index contributed by atoms with van der Waals surface area (Å²) in [6.45, 7) is 3.60. The van der Waals surface area contributed by atoms with Crippen LogP contribution in [0.4, 0.5) is 5.13 Å². The molecule has 1 aliphatic rings. The number of carbonyl (C=O) groups excluding carboxylic acids is 1. The summed E-state index contributed by atoms with van der Waals surface area (Å²) >= 11 is 1.43. The van der Waals surface area contributed by atoms with Crippen molar-refractivity contribution < 1.29 is 22.4 Å². The van der Waals surface area contributed by atoms with Crippen LogP contribution in [0.5, 0.6) is 0 Å². The third-order valence-electron chi connectivity index (χ3n) is 5.61. The summed E-state index contributed by atoms with van der Waals surface area (Å²) in [4.78, 5) is 19.9. The second-order valence-corrected chi connectivity index (χ2v) is 10.9. The number of aryl methyl sites for hydroxylation is 1. The van der Waals surface area contributed by atoms with Gasteiger partial charge in [0.2, 0.25) is 10.0 Å². The van der Waals surface area contributed by atoms with Gasteiger partial charge in [-0.3, -0.25) is 9.69 Å². The molecule has 1 amide bonds. The largest absolute Gasteiger partial charge is 0.467 e. The Balaban J connectivity index is 1.46. The Kier molecular flexibility index (Phi) is 6.22. The number of morpholine rings is 1. The van der Waals surface area contributed by atoms with E-state index in [0.29, 0.717) is 42.8 Å². The Morgan fingerprint density at radius 3 is 2.59 bits per heavy atom. The van der Waals surface area contributed by atoms with Gasteiger partial charge in [-0.15, -0.1) is 0 Å². The Morgan fingerprint density at radius 2 is 1.88 bits per heavy atom. The van der Waals surface area contributed by atoms with Crippen LogP contribution in [0.3, 0.4) is 0 Å². The fourth-order valence-electron chi connectivity index (χ4n) is 3.78. The minimum Gasteiger partial charge on any atom is -0.467 e. The molecule has 34 heavy (non-hydrogen) atoms. The number of rotatable bonds is 6. The van der Waals surface area contributed by atoms with Gasteiger partial charge in [0.15, 0.2) is 5.13 Å². The lowest BCUT2D eigenvalue weighted by Gasteiger charge is -2.26. The van der Waals surface area contributed by atoms with Gasteiger partial charge in [-0.05, 0) is 61.0 Å². The van der Waals surface area contributed by atoms with E-state index in [0.717, 1.165) is 15.8 Å². The van der Waals surface area contributed by atoms with Crippen LogP contribution in [0.1, 0.15) is 21.7 Å². The van der Waals surface area contributed by atoms with Crippen LogP contribution in [-0.4, -0.2) is 49.9 Å². The topological polar surface area (TPSA) is 93.0 Å². The number of fused-ring (bicyclic) bond motifs is 1. The molecule has 4 aromatic rings. The summed E-state index contributed by atoms with van der Waals surface area (Å²) in [6.07, 6.45) is 1.56. The molecular weight excluding hydrogens is 474 g/mol. The molecule has 1 saturated heterocycles. The van der Waals surface area contributed by atoms with E-state index in [1.807, 2.05) is 25.1 Å². The van der Waals surface area contributed by atoms with Crippen LogP contribution in [0, 0.1) is 6.92 Å². The van der Waals surface area contributed by atoms with E-state index in [1.165, 1.54) is 27.8 Å². The molecule has 3 heterocycles. The number of hydrogen-bond acceptors (Lipinski definition) is 7. The Morgan fingerprint density at radius 1 is 1.12 bits per heavy atom. The number of nitrogens with zero attached hydrogens (tertiary/aromatic N) is 3. The maximum Gasteiger partial charge on any atom is 0.260 e. The monoisotopic (exact) mass is 497 g/mol. The minimum absolute atomic E-state index is 0.152. The quantitative estimate of drug-likeness (QED) is 0.399. The zero-order valence-corrected chi connectivity index (χ0v) is 20.1. The van der Waals surface area contributed by atoms with Crippen molar-refractivity contribution in [2.75, 3.05) is 31.2 Å². The summed E-state index contributed by atoms with van der Waals surface area (Å²) in [5, 5.41) is 0.548. The smallest absolute Gasteiger partial charge is 0.260 e. The summed E-state index contributed by atoms with van der Waals surface area (Å²) < 4.78 is 39.0. The minimum atomic E-state index is -3.64. The maximum atomic E-state index is 13.6. The molecule has 10 heteroatoms. The first-order valence-electron chi connectivity index (χ1n) is 10.8. The summed E-state index contributed by atoms with van der Waals surface area (Å²) in [5.74, 6) is 0.331. The van der Waals surface area contributed by atoms with Gasteiger partial charge in [0.25, 0.3) is 5.91 Å². The number of aromatic nitrogens is 1. The highest BCUT2D eigenvalue weighted by Gasteiger charge is 2.27. The van der Waals surface area contributed by atoms with Gasteiger partial charge in [-0.1, -0.05) is 17.4 Å². The van der Waals surface area contributed by atoms with Gasteiger partial charge >= 0.3 is 0 Å². The molecule has 0 radical (unpaired) electrons. The van der Waals surface area contributed by atoms with E-state index in [9.17, 15) is 13.2 Å². The highest BCUT2D eigenvalue weighted by molar-refractivity contribution is 7.89. The third kappa shape index (κ3) is 4.49. The van der Waals surface area contributed by atoms with Crippen LogP contribution in [0.25, 0.3) is 10.2 Å². The summed E-state index contributed by atoms with van der Waals surface area (Å²) in [5.41, 5.74) is 2.29. The molecule has 0 atom stereocenters. The molecule has 176 valence electrons. The normalized spacial score (nSPS) is 15.0. The first-order chi connectivity index (χ1) is 16.4. The van der Waals surface area contributed by atoms with E-state index < -0.39 is 10.0 Å². The molecule has 5 rings (SSSR count). The fourth-order valence-corrected chi connectivity index (χ4v) is 6.25. The van der Waals surface area contributed by atoms with Gasteiger partial charge in [0.05, 0.1) is 41.1 Å². The molecule has 2 aromatic heterocycles. The lowest BCUT2D eigenvalue weighted by atomic mass is 10.2. The molecule has 1 aliphatic heterocycles. The number of carbonyl (C=O) groups is 1. The average molecular weight is 498 g/mol. The lowest BCUT2D eigenvalue weighted by molar-refractivity contribution is 0.0730.